The van der Waals surface area contributed by atoms with Gasteiger partial charge in [-0.1, -0.05) is 28.9 Å². The molecule has 3 aromatic rings. The fourth-order valence-electron chi connectivity index (χ4n) is 2.63. The first-order valence-corrected chi connectivity index (χ1v) is 8.03. The molecule has 0 unspecified atom stereocenters. The maximum atomic E-state index is 12.7. The van der Waals surface area contributed by atoms with Crippen LogP contribution >= 0.6 is 11.6 Å². The number of hydrogen-bond donors (Lipinski definition) is 1. The molecule has 0 aliphatic heterocycles. The molecule has 0 atom stereocenters. The molecule has 5 nitrogen and oxygen atoms in total. The molecule has 0 amide bonds. The lowest BCUT2D eigenvalue weighted by molar-refractivity contribution is 0.0995. The number of H-pyrrole nitrogens is 1. The molecular formula is C19H16ClN3O2. The van der Waals surface area contributed by atoms with E-state index >= 15 is 0 Å². The number of nitrogens with zero attached hydrogens (tertiary/aromatic N) is 2. The van der Waals surface area contributed by atoms with Gasteiger partial charge in [-0.05, 0) is 42.3 Å². The SMILES string of the molecule is C=NO/C(C)=C\CC(=O)c1c[nH]c2nccc(-c3ccc(Cl)cc3)c12. The quantitative estimate of drug-likeness (QED) is 0.294. The number of aromatic nitrogens is 2. The molecule has 0 spiro atoms. The number of Topliss-reactive ketones (excluding diaryl/α,β-unsaturated/α-hetero) is 1. The van der Waals surface area contributed by atoms with Crippen LogP contribution in [-0.2, 0) is 4.84 Å². The topological polar surface area (TPSA) is 67.3 Å². The molecule has 25 heavy (non-hydrogen) atoms. The lowest BCUT2D eigenvalue weighted by Crippen LogP contribution is -1.97. The van der Waals surface area contributed by atoms with Crippen molar-refractivity contribution >= 4 is 35.1 Å². The molecule has 2 heterocycles. The third kappa shape index (κ3) is 3.61. The third-order valence-electron chi connectivity index (χ3n) is 3.81. The van der Waals surface area contributed by atoms with Crippen LogP contribution in [0.3, 0.4) is 0 Å². The normalized spacial score (nSPS) is 11.5. The predicted molar refractivity (Wildman–Crippen MR) is 99.9 cm³/mol. The standard InChI is InChI=1S/C19H16ClN3O2/c1-12(25-21-2)3-8-17(24)16-11-23-19-18(16)15(9-10-22-19)13-4-6-14(20)7-5-13/h3-7,9-11H,2,8H2,1H3,(H,22,23)/b12-3-. The summed E-state index contributed by atoms with van der Waals surface area (Å²) in [4.78, 5) is 24.9. The van der Waals surface area contributed by atoms with E-state index in [1.807, 2.05) is 30.3 Å². The number of oxime groups is 1. The molecule has 0 saturated heterocycles. The van der Waals surface area contributed by atoms with Gasteiger partial charge < -0.3 is 9.82 Å². The highest BCUT2D eigenvalue weighted by atomic mass is 35.5. The number of pyridine rings is 1. The van der Waals surface area contributed by atoms with Crippen LogP contribution in [0, 0.1) is 0 Å². The van der Waals surface area contributed by atoms with Crippen LogP contribution in [0.4, 0.5) is 0 Å². The number of rotatable bonds is 6. The summed E-state index contributed by atoms with van der Waals surface area (Å²) in [7, 11) is 0. The largest absolute Gasteiger partial charge is 0.363 e. The molecule has 0 aliphatic rings. The Bertz CT molecular complexity index is 958. The number of carbonyl (C=O) groups excluding carboxylic acids is 1. The van der Waals surface area contributed by atoms with Crippen LogP contribution in [0.2, 0.25) is 5.02 Å². The van der Waals surface area contributed by atoms with Crippen molar-refractivity contribution in [2.45, 2.75) is 13.3 Å². The number of aromatic amines is 1. The molecule has 0 radical (unpaired) electrons. The van der Waals surface area contributed by atoms with Gasteiger partial charge in [0.05, 0.1) is 0 Å². The fourth-order valence-corrected chi connectivity index (χ4v) is 2.76. The average molecular weight is 354 g/mol. The molecule has 3 rings (SSSR count). The molecule has 1 N–H and O–H groups in total. The van der Waals surface area contributed by atoms with Crippen molar-refractivity contribution in [3.05, 3.63) is 65.1 Å². The van der Waals surface area contributed by atoms with Crippen molar-refractivity contribution in [2.75, 3.05) is 0 Å². The molecule has 126 valence electrons. The van der Waals surface area contributed by atoms with E-state index < -0.39 is 0 Å². The van der Waals surface area contributed by atoms with E-state index in [0.29, 0.717) is 22.0 Å². The van der Waals surface area contributed by atoms with Crippen LogP contribution in [0.25, 0.3) is 22.2 Å². The number of benzene rings is 1. The highest BCUT2D eigenvalue weighted by Crippen LogP contribution is 2.31. The van der Waals surface area contributed by atoms with Gasteiger partial charge in [0.15, 0.2) is 5.78 Å². The van der Waals surface area contributed by atoms with Gasteiger partial charge in [0.1, 0.15) is 11.4 Å². The summed E-state index contributed by atoms with van der Waals surface area (Å²) in [6.07, 6.45) is 5.28. The monoisotopic (exact) mass is 353 g/mol. The molecule has 0 fully saturated rings. The maximum absolute atomic E-state index is 12.7. The van der Waals surface area contributed by atoms with Crippen LogP contribution in [0.1, 0.15) is 23.7 Å². The first kappa shape index (κ1) is 16.9. The van der Waals surface area contributed by atoms with Gasteiger partial charge >= 0.3 is 0 Å². The maximum Gasteiger partial charge on any atom is 0.168 e. The van der Waals surface area contributed by atoms with Crippen LogP contribution in [0.15, 0.2) is 59.7 Å². The van der Waals surface area contributed by atoms with Gasteiger partial charge in [0, 0.05) is 41.5 Å². The van der Waals surface area contributed by atoms with Gasteiger partial charge in [-0.25, -0.2) is 4.98 Å². The number of halogens is 1. The second-order valence-electron chi connectivity index (χ2n) is 5.45. The summed E-state index contributed by atoms with van der Waals surface area (Å²) in [5.41, 5.74) is 3.15. The Morgan fingerprint density at radius 3 is 2.84 bits per heavy atom. The van der Waals surface area contributed by atoms with Crippen molar-refractivity contribution in [1.82, 2.24) is 9.97 Å². The number of nitrogens with one attached hydrogen (secondary N) is 1. The third-order valence-corrected chi connectivity index (χ3v) is 4.06. The highest BCUT2D eigenvalue weighted by molar-refractivity contribution is 6.30. The second-order valence-corrected chi connectivity index (χ2v) is 5.89. The van der Waals surface area contributed by atoms with E-state index in [1.54, 1.807) is 25.4 Å². The molecular weight excluding hydrogens is 338 g/mol. The first-order chi connectivity index (χ1) is 12.1. The lowest BCUT2D eigenvalue weighted by Gasteiger charge is -2.06. The van der Waals surface area contributed by atoms with Crippen molar-refractivity contribution in [2.24, 2.45) is 5.16 Å². The minimum absolute atomic E-state index is 0.0403. The summed E-state index contributed by atoms with van der Waals surface area (Å²) < 4.78 is 0. The summed E-state index contributed by atoms with van der Waals surface area (Å²) >= 11 is 5.97. The second kappa shape index (κ2) is 7.32. The van der Waals surface area contributed by atoms with E-state index in [1.165, 1.54) is 0 Å². The first-order valence-electron chi connectivity index (χ1n) is 7.65. The lowest BCUT2D eigenvalue weighted by atomic mass is 9.99. The van der Waals surface area contributed by atoms with Crippen LogP contribution in [-0.4, -0.2) is 22.5 Å². The summed E-state index contributed by atoms with van der Waals surface area (Å²) in [6, 6.07) is 9.38. The minimum atomic E-state index is -0.0403. The van der Waals surface area contributed by atoms with Crippen molar-refractivity contribution in [1.29, 1.82) is 0 Å². The number of allylic oxidation sites excluding steroid dienone is 2. The summed E-state index contributed by atoms with van der Waals surface area (Å²) in [5, 5.41) is 4.79. The van der Waals surface area contributed by atoms with Crippen molar-refractivity contribution in [3.8, 4) is 11.1 Å². The van der Waals surface area contributed by atoms with Gasteiger partial charge in [-0.2, -0.15) is 0 Å². The number of carbonyl (C=O) groups is 1. The minimum Gasteiger partial charge on any atom is -0.363 e. The van der Waals surface area contributed by atoms with E-state index in [2.05, 4.69) is 21.8 Å². The van der Waals surface area contributed by atoms with E-state index in [-0.39, 0.29) is 12.2 Å². The average Bonchev–Trinajstić information content (AvgIpc) is 3.05. The molecule has 2 aromatic heterocycles. The van der Waals surface area contributed by atoms with Crippen LogP contribution < -0.4 is 0 Å². The zero-order chi connectivity index (χ0) is 17.8. The Morgan fingerprint density at radius 2 is 2.12 bits per heavy atom. The molecule has 0 bridgehead atoms. The Kier molecular flexibility index (Phi) is 4.95. The summed E-state index contributed by atoms with van der Waals surface area (Å²) in [5.74, 6) is 0.487. The predicted octanol–water partition coefficient (Wildman–Crippen LogP) is 4.99. The smallest absolute Gasteiger partial charge is 0.168 e. The van der Waals surface area contributed by atoms with Gasteiger partial charge in [-0.15, -0.1) is 0 Å². The van der Waals surface area contributed by atoms with Crippen molar-refractivity contribution in [3.63, 3.8) is 0 Å². The Labute approximate surface area is 150 Å². The van der Waals surface area contributed by atoms with E-state index in [4.69, 9.17) is 16.4 Å². The number of hydrogen-bond acceptors (Lipinski definition) is 4. The highest BCUT2D eigenvalue weighted by Gasteiger charge is 2.16. The Hall–Kier alpha value is -2.92. The van der Waals surface area contributed by atoms with Gasteiger partial charge in [0.2, 0.25) is 0 Å². The number of fused-ring (bicyclic) bond motifs is 1. The van der Waals surface area contributed by atoms with Crippen molar-refractivity contribution < 1.29 is 9.63 Å². The Morgan fingerprint density at radius 1 is 1.36 bits per heavy atom. The van der Waals surface area contributed by atoms with E-state index in [9.17, 15) is 4.79 Å². The van der Waals surface area contributed by atoms with Gasteiger partial charge in [0.25, 0.3) is 0 Å². The Balaban J connectivity index is 2.02. The zero-order valence-electron chi connectivity index (χ0n) is 13.6. The summed E-state index contributed by atoms with van der Waals surface area (Å²) in [6.45, 7) is 4.97. The number of ketones is 1. The van der Waals surface area contributed by atoms with Crippen LogP contribution in [0.5, 0.6) is 0 Å². The fraction of sp³-hybridized carbons (Fsp3) is 0.105. The molecule has 0 saturated carbocycles. The molecule has 6 heteroatoms. The molecule has 1 aromatic carbocycles. The molecule has 0 aliphatic carbocycles. The van der Waals surface area contributed by atoms with E-state index in [0.717, 1.165) is 16.5 Å². The van der Waals surface area contributed by atoms with Gasteiger partial charge in [-0.3, -0.25) is 4.79 Å². The zero-order valence-corrected chi connectivity index (χ0v) is 14.4.